The average Bonchev–Trinajstić information content (AvgIpc) is 3.13. The van der Waals surface area contributed by atoms with Crippen molar-refractivity contribution in [3.05, 3.63) is 68.9 Å². The second-order valence-electron chi connectivity index (χ2n) is 6.69. The van der Waals surface area contributed by atoms with Crippen molar-refractivity contribution in [3.63, 3.8) is 0 Å². The summed E-state index contributed by atoms with van der Waals surface area (Å²) in [5.41, 5.74) is 8.34. The number of amides is 2. The number of nitrogens with two attached hydrogens (primary N) is 1. The predicted octanol–water partition coefficient (Wildman–Crippen LogP) is 0.766. The summed E-state index contributed by atoms with van der Waals surface area (Å²) in [6.07, 6.45) is 0.424. The lowest BCUT2D eigenvalue weighted by Gasteiger charge is -2.27. The molecule has 1 aliphatic rings. The SMILES string of the molecule is Cc1cc(C(=O)N2CCc3c(nc(-c4ccc(C(N)=O)cc4)[nH]c3=O)C2)n[nH]1. The minimum atomic E-state index is -0.527. The van der Waals surface area contributed by atoms with Gasteiger partial charge < -0.3 is 15.6 Å². The molecule has 4 N–H and O–H groups in total. The molecule has 9 nitrogen and oxygen atoms in total. The number of nitrogens with one attached hydrogen (secondary N) is 2. The van der Waals surface area contributed by atoms with E-state index >= 15 is 0 Å². The summed E-state index contributed by atoms with van der Waals surface area (Å²) in [7, 11) is 0. The van der Waals surface area contributed by atoms with Gasteiger partial charge in [-0.25, -0.2) is 4.98 Å². The van der Waals surface area contributed by atoms with E-state index in [1.165, 1.54) is 0 Å². The zero-order valence-corrected chi connectivity index (χ0v) is 15.2. The van der Waals surface area contributed by atoms with Crippen molar-refractivity contribution in [2.45, 2.75) is 19.9 Å². The van der Waals surface area contributed by atoms with Gasteiger partial charge in [-0.3, -0.25) is 19.5 Å². The molecule has 0 saturated carbocycles. The number of primary amides is 1. The van der Waals surface area contributed by atoms with E-state index in [1.807, 2.05) is 6.92 Å². The van der Waals surface area contributed by atoms with Gasteiger partial charge in [0.2, 0.25) is 5.91 Å². The highest BCUT2D eigenvalue weighted by molar-refractivity contribution is 5.93. The summed E-state index contributed by atoms with van der Waals surface area (Å²) in [5.74, 6) is -0.352. The van der Waals surface area contributed by atoms with Crippen LogP contribution in [0, 0.1) is 6.92 Å². The van der Waals surface area contributed by atoms with Crippen LogP contribution in [0.1, 0.15) is 37.8 Å². The number of fused-ring (bicyclic) bond motifs is 1. The number of hydrogen-bond acceptors (Lipinski definition) is 5. The fourth-order valence-electron chi connectivity index (χ4n) is 3.23. The highest BCUT2D eigenvalue weighted by Crippen LogP contribution is 2.20. The van der Waals surface area contributed by atoms with Gasteiger partial charge >= 0.3 is 0 Å². The quantitative estimate of drug-likeness (QED) is 0.618. The summed E-state index contributed by atoms with van der Waals surface area (Å²) >= 11 is 0. The van der Waals surface area contributed by atoms with Crippen molar-refractivity contribution in [1.29, 1.82) is 0 Å². The molecule has 9 heteroatoms. The molecule has 0 spiro atoms. The lowest BCUT2D eigenvalue weighted by atomic mass is 10.1. The zero-order chi connectivity index (χ0) is 19.8. The molecule has 0 atom stereocenters. The number of rotatable bonds is 3. The topological polar surface area (TPSA) is 138 Å². The summed E-state index contributed by atoms with van der Waals surface area (Å²) in [4.78, 5) is 45.3. The molecule has 3 heterocycles. The summed E-state index contributed by atoms with van der Waals surface area (Å²) in [5, 5.41) is 6.77. The lowest BCUT2D eigenvalue weighted by Crippen LogP contribution is -2.39. The van der Waals surface area contributed by atoms with Crippen LogP contribution in [-0.4, -0.2) is 43.4 Å². The van der Waals surface area contributed by atoms with Crippen LogP contribution in [0.4, 0.5) is 0 Å². The van der Waals surface area contributed by atoms with E-state index in [9.17, 15) is 14.4 Å². The molecule has 0 unspecified atom stereocenters. The van der Waals surface area contributed by atoms with E-state index in [-0.39, 0.29) is 18.0 Å². The molecular formula is C19H18N6O3. The fraction of sp³-hybridized carbons (Fsp3) is 0.211. The molecule has 2 aromatic heterocycles. The lowest BCUT2D eigenvalue weighted by molar-refractivity contribution is 0.0725. The Labute approximate surface area is 159 Å². The Bertz CT molecular complexity index is 1130. The Kier molecular flexibility index (Phi) is 4.26. The number of hydrogen-bond donors (Lipinski definition) is 3. The van der Waals surface area contributed by atoms with Crippen LogP contribution in [0.15, 0.2) is 35.1 Å². The third-order valence-corrected chi connectivity index (χ3v) is 4.73. The van der Waals surface area contributed by atoms with Crippen molar-refractivity contribution in [2.24, 2.45) is 5.73 Å². The first-order chi connectivity index (χ1) is 13.4. The Balaban J connectivity index is 1.64. The molecule has 142 valence electrons. The van der Waals surface area contributed by atoms with Crippen molar-refractivity contribution < 1.29 is 9.59 Å². The Hall–Kier alpha value is -3.75. The molecule has 28 heavy (non-hydrogen) atoms. The van der Waals surface area contributed by atoms with Gasteiger partial charge in [0.25, 0.3) is 11.5 Å². The predicted molar refractivity (Wildman–Crippen MR) is 101 cm³/mol. The largest absolute Gasteiger partial charge is 0.366 e. The Morgan fingerprint density at radius 1 is 1.21 bits per heavy atom. The van der Waals surface area contributed by atoms with Crippen LogP contribution >= 0.6 is 0 Å². The second-order valence-corrected chi connectivity index (χ2v) is 6.69. The maximum atomic E-state index is 12.6. The van der Waals surface area contributed by atoms with E-state index in [1.54, 1.807) is 35.2 Å². The van der Waals surface area contributed by atoms with Crippen LogP contribution in [0.25, 0.3) is 11.4 Å². The molecule has 1 aliphatic heterocycles. The van der Waals surface area contributed by atoms with Gasteiger partial charge in [-0.05, 0) is 31.5 Å². The molecule has 3 aromatic rings. The van der Waals surface area contributed by atoms with Gasteiger partial charge in [-0.15, -0.1) is 0 Å². The number of carbonyl (C=O) groups is 2. The van der Waals surface area contributed by atoms with Crippen molar-refractivity contribution in [1.82, 2.24) is 25.1 Å². The average molecular weight is 378 g/mol. The van der Waals surface area contributed by atoms with Gasteiger partial charge in [0.05, 0.1) is 12.2 Å². The number of benzene rings is 1. The van der Waals surface area contributed by atoms with Crippen LogP contribution in [-0.2, 0) is 13.0 Å². The van der Waals surface area contributed by atoms with Crippen LogP contribution in [0.5, 0.6) is 0 Å². The minimum Gasteiger partial charge on any atom is -0.366 e. The van der Waals surface area contributed by atoms with E-state index < -0.39 is 5.91 Å². The Morgan fingerprint density at radius 2 is 1.96 bits per heavy atom. The third-order valence-electron chi connectivity index (χ3n) is 4.73. The summed E-state index contributed by atoms with van der Waals surface area (Å²) < 4.78 is 0. The monoisotopic (exact) mass is 378 g/mol. The number of nitrogens with zero attached hydrogens (tertiary/aromatic N) is 3. The van der Waals surface area contributed by atoms with E-state index in [0.29, 0.717) is 46.9 Å². The number of aryl methyl sites for hydroxylation is 1. The van der Waals surface area contributed by atoms with Crippen molar-refractivity contribution in [3.8, 4) is 11.4 Å². The van der Waals surface area contributed by atoms with E-state index in [4.69, 9.17) is 5.73 Å². The number of carbonyl (C=O) groups excluding carboxylic acids is 2. The first kappa shape index (κ1) is 17.7. The molecule has 1 aromatic carbocycles. The number of aromatic amines is 2. The smallest absolute Gasteiger partial charge is 0.274 e. The Morgan fingerprint density at radius 3 is 2.61 bits per heavy atom. The number of aromatic nitrogens is 4. The molecule has 4 rings (SSSR count). The first-order valence-corrected chi connectivity index (χ1v) is 8.76. The molecule has 0 bridgehead atoms. The van der Waals surface area contributed by atoms with Gasteiger partial charge in [0, 0.05) is 28.9 Å². The standard InChI is InChI=1S/C19H18N6O3/c1-10-8-14(24-23-10)19(28)25-7-6-13-15(9-25)21-17(22-18(13)27)12-4-2-11(3-5-12)16(20)26/h2-5,8H,6-7,9H2,1H3,(H2,20,26)(H,23,24)(H,21,22,27). The molecule has 0 aliphatic carbocycles. The first-order valence-electron chi connectivity index (χ1n) is 8.76. The maximum Gasteiger partial charge on any atom is 0.274 e. The van der Waals surface area contributed by atoms with E-state index in [2.05, 4.69) is 20.2 Å². The highest BCUT2D eigenvalue weighted by atomic mass is 16.2. The summed E-state index contributed by atoms with van der Waals surface area (Å²) in [6.45, 7) is 2.48. The van der Waals surface area contributed by atoms with E-state index in [0.717, 1.165) is 5.69 Å². The van der Waals surface area contributed by atoms with Gasteiger partial charge in [0.15, 0.2) is 0 Å². The fourth-order valence-corrected chi connectivity index (χ4v) is 3.23. The van der Waals surface area contributed by atoms with Crippen molar-refractivity contribution in [2.75, 3.05) is 6.54 Å². The summed E-state index contributed by atoms with van der Waals surface area (Å²) in [6, 6.07) is 8.18. The molecule has 0 fully saturated rings. The van der Waals surface area contributed by atoms with Crippen molar-refractivity contribution >= 4 is 11.8 Å². The number of H-pyrrole nitrogens is 2. The molecular weight excluding hydrogens is 360 g/mol. The molecule has 2 amide bonds. The maximum absolute atomic E-state index is 12.6. The zero-order valence-electron chi connectivity index (χ0n) is 15.2. The van der Waals surface area contributed by atoms with Gasteiger partial charge in [-0.1, -0.05) is 12.1 Å². The van der Waals surface area contributed by atoms with Crippen LogP contribution in [0.2, 0.25) is 0 Å². The molecule has 0 radical (unpaired) electrons. The van der Waals surface area contributed by atoms with Crippen LogP contribution in [0.3, 0.4) is 0 Å². The van der Waals surface area contributed by atoms with Crippen LogP contribution < -0.4 is 11.3 Å². The minimum absolute atomic E-state index is 0.204. The third kappa shape index (κ3) is 3.18. The highest BCUT2D eigenvalue weighted by Gasteiger charge is 2.26. The second kappa shape index (κ2) is 6.76. The van der Waals surface area contributed by atoms with Gasteiger partial charge in [0.1, 0.15) is 11.5 Å². The normalized spacial score (nSPS) is 13.2. The van der Waals surface area contributed by atoms with Gasteiger partial charge in [-0.2, -0.15) is 5.10 Å². The molecule has 0 saturated heterocycles.